The summed E-state index contributed by atoms with van der Waals surface area (Å²) in [4.78, 5) is 28.4. The number of carboxylic acid groups (broad SMARTS) is 1. The molecule has 1 aromatic heterocycles. The number of ketones is 1. The fourth-order valence-electron chi connectivity index (χ4n) is 4.16. The van der Waals surface area contributed by atoms with Crippen LogP contribution in [0.1, 0.15) is 27.9 Å². The molecule has 13 heteroatoms. The molecule has 3 aromatic carbocycles. The number of rotatable bonds is 10. The molecular formula is C29H20ClF4N3O5. The average molecular weight is 602 g/mol. The summed E-state index contributed by atoms with van der Waals surface area (Å²) < 4.78 is 65.9. The van der Waals surface area contributed by atoms with Crippen LogP contribution in [0.3, 0.4) is 0 Å². The van der Waals surface area contributed by atoms with Gasteiger partial charge in [0.2, 0.25) is 0 Å². The van der Waals surface area contributed by atoms with Crippen molar-refractivity contribution >= 4 is 39.9 Å². The molecule has 0 aliphatic carbocycles. The van der Waals surface area contributed by atoms with E-state index in [0.717, 1.165) is 18.2 Å². The van der Waals surface area contributed by atoms with Gasteiger partial charge in [0.25, 0.3) is 0 Å². The molecule has 0 unspecified atom stereocenters. The van der Waals surface area contributed by atoms with E-state index in [-0.39, 0.29) is 68.5 Å². The zero-order valence-electron chi connectivity index (χ0n) is 21.7. The quantitative estimate of drug-likeness (QED) is 0.151. The number of nitrogens with one attached hydrogen (secondary N) is 1. The standard InChI is InChI=1S/C29H20ClF4N3O5/c1-41-25-12-20(30)17(27-15(13-35)10-16-19(29(32,33)34)4-2-6-22(16)37-27)11-18(25)23(38)14-36-28-21(31)5-3-7-24(28)42-9-8-26(39)40/h2-7,10-12,36H,8-9,14H2,1H3,(H,39,40). The van der Waals surface area contributed by atoms with Gasteiger partial charge in [-0.1, -0.05) is 23.7 Å². The Morgan fingerprint density at radius 2 is 1.86 bits per heavy atom. The Labute approximate surface area is 241 Å². The van der Waals surface area contributed by atoms with E-state index in [9.17, 15) is 32.4 Å². The second kappa shape index (κ2) is 12.3. The molecule has 0 spiro atoms. The van der Waals surface area contributed by atoms with Crippen molar-refractivity contribution in [1.29, 1.82) is 5.26 Å². The molecule has 8 nitrogen and oxygen atoms in total. The van der Waals surface area contributed by atoms with E-state index in [0.29, 0.717) is 0 Å². The maximum Gasteiger partial charge on any atom is 0.417 e. The lowest BCUT2D eigenvalue weighted by Gasteiger charge is -2.16. The van der Waals surface area contributed by atoms with Crippen molar-refractivity contribution in [1.82, 2.24) is 4.98 Å². The van der Waals surface area contributed by atoms with E-state index < -0.39 is 35.9 Å². The molecule has 0 aliphatic heterocycles. The van der Waals surface area contributed by atoms with Gasteiger partial charge in [-0.3, -0.25) is 9.59 Å². The van der Waals surface area contributed by atoms with Gasteiger partial charge in [-0.2, -0.15) is 18.4 Å². The summed E-state index contributed by atoms with van der Waals surface area (Å²) >= 11 is 6.44. The molecule has 4 aromatic rings. The third kappa shape index (κ3) is 6.37. The van der Waals surface area contributed by atoms with E-state index in [1.54, 1.807) is 0 Å². The highest BCUT2D eigenvalue weighted by molar-refractivity contribution is 6.33. The minimum atomic E-state index is -4.68. The number of Topliss-reactive ketones (excluding diaryl/α,β-unsaturated/α-hetero) is 1. The summed E-state index contributed by atoms with van der Waals surface area (Å²) in [7, 11) is 1.29. The van der Waals surface area contributed by atoms with Crippen LogP contribution in [0, 0.1) is 17.1 Å². The number of aromatic nitrogens is 1. The molecule has 216 valence electrons. The van der Waals surface area contributed by atoms with Gasteiger partial charge in [-0.25, -0.2) is 9.37 Å². The molecule has 42 heavy (non-hydrogen) atoms. The number of benzene rings is 3. The first-order valence-electron chi connectivity index (χ1n) is 12.1. The molecule has 0 aliphatic rings. The van der Waals surface area contributed by atoms with Gasteiger partial charge < -0.3 is 19.9 Å². The molecule has 0 bridgehead atoms. The molecule has 1 heterocycles. The van der Waals surface area contributed by atoms with Gasteiger partial charge in [0.05, 0.1) is 59.6 Å². The number of anilines is 1. The topological polar surface area (TPSA) is 122 Å². The smallest absolute Gasteiger partial charge is 0.417 e. The molecule has 0 fully saturated rings. The summed E-state index contributed by atoms with van der Waals surface area (Å²) in [6, 6.07) is 12.8. The van der Waals surface area contributed by atoms with Crippen molar-refractivity contribution in [3.8, 4) is 28.8 Å². The van der Waals surface area contributed by atoms with Gasteiger partial charge in [-0.05, 0) is 36.4 Å². The van der Waals surface area contributed by atoms with Crippen LogP contribution in [0.4, 0.5) is 23.2 Å². The minimum Gasteiger partial charge on any atom is -0.496 e. The van der Waals surface area contributed by atoms with Crippen LogP contribution >= 0.6 is 11.6 Å². The number of ether oxygens (including phenoxy) is 2. The first-order valence-corrected chi connectivity index (χ1v) is 12.5. The third-order valence-electron chi connectivity index (χ3n) is 6.10. The highest BCUT2D eigenvalue weighted by atomic mass is 35.5. The van der Waals surface area contributed by atoms with Gasteiger partial charge in [-0.15, -0.1) is 0 Å². The lowest BCUT2D eigenvalue weighted by molar-refractivity contribution is -0.138. The maximum atomic E-state index is 14.6. The van der Waals surface area contributed by atoms with Crippen LogP contribution < -0.4 is 14.8 Å². The fraction of sp³-hybridized carbons (Fsp3) is 0.172. The average Bonchev–Trinajstić information content (AvgIpc) is 2.94. The molecule has 0 saturated heterocycles. The lowest BCUT2D eigenvalue weighted by atomic mass is 9.98. The number of alkyl halides is 3. The summed E-state index contributed by atoms with van der Waals surface area (Å²) in [5.74, 6) is -2.44. The van der Waals surface area contributed by atoms with Crippen LogP contribution in [-0.4, -0.2) is 42.1 Å². The molecule has 0 saturated carbocycles. The summed E-state index contributed by atoms with van der Waals surface area (Å²) in [5, 5.41) is 21.0. The van der Waals surface area contributed by atoms with Crippen LogP contribution in [0.25, 0.3) is 22.2 Å². The van der Waals surface area contributed by atoms with Crippen LogP contribution in [0.15, 0.2) is 54.6 Å². The van der Waals surface area contributed by atoms with E-state index in [2.05, 4.69) is 10.3 Å². The molecule has 0 amide bonds. The van der Waals surface area contributed by atoms with E-state index in [1.807, 2.05) is 6.07 Å². The Morgan fingerprint density at radius 1 is 1.12 bits per heavy atom. The zero-order valence-corrected chi connectivity index (χ0v) is 22.4. The van der Waals surface area contributed by atoms with Gasteiger partial charge in [0.15, 0.2) is 5.78 Å². The van der Waals surface area contributed by atoms with Crippen molar-refractivity contribution in [2.45, 2.75) is 12.6 Å². The zero-order chi connectivity index (χ0) is 30.6. The number of hydrogen-bond donors (Lipinski definition) is 2. The van der Waals surface area contributed by atoms with Crippen molar-refractivity contribution in [2.75, 3.05) is 25.6 Å². The SMILES string of the molecule is COc1cc(Cl)c(-c2nc3cccc(C(F)(F)F)c3cc2C#N)cc1C(=O)CNc1c(F)cccc1OCCC(=O)O. The number of carboxylic acids is 1. The van der Waals surface area contributed by atoms with Crippen LogP contribution in [-0.2, 0) is 11.0 Å². The summed E-state index contributed by atoms with van der Waals surface area (Å²) in [6.45, 7) is -0.709. The van der Waals surface area contributed by atoms with Crippen molar-refractivity contribution in [2.24, 2.45) is 0 Å². The number of halogens is 5. The van der Waals surface area contributed by atoms with Crippen LogP contribution in [0.2, 0.25) is 5.02 Å². The Hall–Kier alpha value is -4.89. The predicted molar refractivity (Wildman–Crippen MR) is 145 cm³/mol. The molecular weight excluding hydrogens is 582 g/mol. The highest BCUT2D eigenvalue weighted by Gasteiger charge is 2.33. The number of aliphatic carboxylic acids is 1. The summed E-state index contributed by atoms with van der Waals surface area (Å²) in [5.41, 5.74) is -1.40. The van der Waals surface area contributed by atoms with Crippen molar-refractivity contribution < 1.29 is 41.7 Å². The minimum absolute atomic E-state index is 0.00917. The largest absolute Gasteiger partial charge is 0.496 e. The Kier molecular flexibility index (Phi) is 8.82. The highest BCUT2D eigenvalue weighted by Crippen LogP contribution is 2.39. The number of carbonyl (C=O) groups excluding carboxylic acids is 1. The van der Waals surface area contributed by atoms with Crippen molar-refractivity contribution in [3.05, 3.63) is 82.1 Å². The number of hydrogen-bond acceptors (Lipinski definition) is 7. The first kappa shape index (κ1) is 30.1. The molecule has 0 radical (unpaired) electrons. The number of para-hydroxylation sites is 1. The van der Waals surface area contributed by atoms with E-state index in [1.165, 1.54) is 43.5 Å². The fourth-order valence-corrected chi connectivity index (χ4v) is 4.41. The van der Waals surface area contributed by atoms with Gasteiger partial charge in [0, 0.05) is 17.0 Å². The second-order valence-electron chi connectivity index (χ2n) is 8.78. The molecule has 2 N–H and O–H groups in total. The normalized spacial score (nSPS) is 11.2. The number of carbonyl (C=O) groups is 2. The molecule has 4 rings (SSSR count). The van der Waals surface area contributed by atoms with Crippen LogP contribution in [0.5, 0.6) is 11.5 Å². The van der Waals surface area contributed by atoms with Gasteiger partial charge in [0.1, 0.15) is 29.1 Å². The number of fused-ring (bicyclic) bond motifs is 1. The molecule has 0 atom stereocenters. The second-order valence-corrected chi connectivity index (χ2v) is 9.19. The van der Waals surface area contributed by atoms with E-state index in [4.69, 9.17) is 26.2 Å². The predicted octanol–water partition coefficient (Wildman–Crippen LogP) is 6.74. The first-order chi connectivity index (χ1) is 19.9. The third-order valence-corrected chi connectivity index (χ3v) is 6.42. The Bertz CT molecular complexity index is 1740. The maximum absolute atomic E-state index is 14.6. The Balaban J connectivity index is 1.72. The number of nitriles is 1. The Morgan fingerprint density at radius 3 is 2.52 bits per heavy atom. The summed E-state index contributed by atoms with van der Waals surface area (Å²) in [6.07, 6.45) is -5.01. The van der Waals surface area contributed by atoms with E-state index >= 15 is 0 Å². The lowest BCUT2D eigenvalue weighted by Crippen LogP contribution is -2.17. The monoisotopic (exact) mass is 601 g/mol. The number of pyridine rings is 1. The van der Waals surface area contributed by atoms with Crippen molar-refractivity contribution in [3.63, 3.8) is 0 Å². The number of nitrogens with zero attached hydrogens (tertiary/aromatic N) is 2. The number of methoxy groups -OCH3 is 1. The van der Waals surface area contributed by atoms with Gasteiger partial charge >= 0.3 is 12.1 Å².